The van der Waals surface area contributed by atoms with Crippen LogP contribution < -0.4 is 10.5 Å². The van der Waals surface area contributed by atoms with Crippen LogP contribution in [0.1, 0.15) is 23.2 Å². The minimum absolute atomic E-state index is 0.0538. The molecule has 1 saturated heterocycles. The summed E-state index contributed by atoms with van der Waals surface area (Å²) in [5, 5.41) is 0. The fourth-order valence-electron chi connectivity index (χ4n) is 2.54. The predicted molar refractivity (Wildman–Crippen MR) is 72.0 cm³/mol. The maximum Gasteiger partial charge on any atom is 0.169 e. The number of benzene rings is 1. The molecule has 18 heavy (non-hydrogen) atoms. The number of hydrogen-bond donors (Lipinski definition) is 1. The van der Waals surface area contributed by atoms with Crippen LogP contribution in [0.4, 0.5) is 5.69 Å². The normalized spacial score (nSPS) is 20.7. The van der Waals surface area contributed by atoms with Crippen molar-refractivity contribution in [3.63, 3.8) is 0 Å². The second-order valence-electron chi connectivity index (χ2n) is 4.89. The summed E-state index contributed by atoms with van der Waals surface area (Å²) < 4.78 is 5.16. The lowest BCUT2D eigenvalue weighted by molar-refractivity contribution is 0.0844. The number of nitrogens with two attached hydrogens (primary N) is 1. The molecule has 0 aliphatic carbocycles. The fourth-order valence-corrected chi connectivity index (χ4v) is 2.54. The van der Waals surface area contributed by atoms with E-state index in [1.165, 1.54) is 0 Å². The maximum atomic E-state index is 12.5. The first-order chi connectivity index (χ1) is 8.63. The number of Topliss-reactive ketones (excluding diaryl/α,β-unsaturated/α-hetero) is 1. The van der Waals surface area contributed by atoms with Gasteiger partial charge in [0, 0.05) is 18.0 Å². The summed E-state index contributed by atoms with van der Waals surface area (Å²) >= 11 is 0. The molecule has 1 aromatic carbocycles. The van der Waals surface area contributed by atoms with E-state index in [9.17, 15) is 4.79 Å². The van der Waals surface area contributed by atoms with E-state index in [1.54, 1.807) is 19.2 Å². The smallest absolute Gasteiger partial charge is 0.169 e. The topological polar surface area (TPSA) is 55.6 Å². The minimum Gasteiger partial charge on any atom is -0.495 e. The van der Waals surface area contributed by atoms with Gasteiger partial charge in [-0.3, -0.25) is 4.79 Å². The number of likely N-dealkylation sites (tertiary alicyclic amines) is 1. The van der Waals surface area contributed by atoms with E-state index in [-0.39, 0.29) is 11.7 Å². The molecule has 0 amide bonds. The van der Waals surface area contributed by atoms with Crippen molar-refractivity contribution in [1.29, 1.82) is 0 Å². The molecule has 4 heteroatoms. The zero-order valence-electron chi connectivity index (χ0n) is 11.0. The number of nitrogen functional groups attached to an aromatic ring is 1. The summed E-state index contributed by atoms with van der Waals surface area (Å²) in [6.07, 6.45) is 2.01. The Hall–Kier alpha value is -1.55. The van der Waals surface area contributed by atoms with E-state index < -0.39 is 0 Å². The molecule has 98 valence electrons. The van der Waals surface area contributed by atoms with Gasteiger partial charge in [0.2, 0.25) is 0 Å². The highest BCUT2D eigenvalue weighted by Crippen LogP contribution is 2.29. The van der Waals surface area contributed by atoms with Crippen LogP contribution in [0.3, 0.4) is 0 Å². The number of methoxy groups -OCH3 is 1. The lowest BCUT2D eigenvalue weighted by atomic mass is 9.89. The number of rotatable bonds is 3. The monoisotopic (exact) mass is 248 g/mol. The zero-order chi connectivity index (χ0) is 13.1. The number of nitrogens with zero attached hydrogens (tertiary/aromatic N) is 1. The second-order valence-corrected chi connectivity index (χ2v) is 4.89. The first kappa shape index (κ1) is 12.9. The van der Waals surface area contributed by atoms with Gasteiger partial charge in [0.05, 0.1) is 12.8 Å². The molecule has 1 heterocycles. The van der Waals surface area contributed by atoms with Crippen molar-refractivity contribution in [1.82, 2.24) is 4.90 Å². The molecule has 4 nitrogen and oxygen atoms in total. The zero-order valence-corrected chi connectivity index (χ0v) is 11.0. The molecule has 0 saturated carbocycles. The van der Waals surface area contributed by atoms with Crippen LogP contribution in [0.2, 0.25) is 0 Å². The van der Waals surface area contributed by atoms with E-state index in [0.717, 1.165) is 25.9 Å². The van der Waals surface area contributed by atoms with E-state index in [4.69, 9.17) is 10.5 Å². The molecule has 1 atom stereocenters. The molecule has 1 aliphatic heterocycles. The SMILES string of the molecule is COc1cccc(C(=O)C2CCCN(C)C2)c1N. The average molecular weight is 248 g/mol. The summed E-state index contributed by atoms with van der Waals surface area (Å²) in [6, 6.07) is 5.38. The Morgan fingerprint density at radius 3 is 2.94 bits per heavy atom. The number of carbonyl (C=O) groups is 1. The second kappa shape index (κ2) is 5.40. The van der Waals surface area contributed by atoms with E-state index in [1.807, 2.05) is 13.1 Å². The Kier molecular flexibility index (Phi) is 3.87. The summed E-state index contributed by atoms with van der Waals surface area (Å²) in [7, 11) is 3.61. The average Bonchev–Trinajstić information content (AvgIpc) is 2.38. The van der Waals surface area contributed by atoms with Crippen molar-refractivity contribution in [3.05, 3.63) is 23.8 Å². The lowest BCUT2D eigenvalue weighted by Crippen LogP contribution is -2.36. The van der Waals surface area contributed by atoms with Crippen LogP contribution in [0.5, 0.6) is 5.75 Å². The summed E-state index contributed by atoms with van der Waals surface area (Å²) in [5.41, 5.74) is 7.03. The Morgan fingerprint density at radius 1 is 1.50 bits per heavy atom. The third kappa shape index (κ3) is 2.48. The Balaban J connectivity index is 2.23. The van der Waals surface area contributed by atoms with Crippen LogP contribution in [-0.2, 0) is 0 Å². The first-order valence-electron chi connectivity index (χ1n) is 6.28. The summed E-state index contributed by atoms with van der Waals surface area (Å²) in [5.74, 6) is 0.765. The van der Waals surface area contributed by atoms with Crippen LogP contribution in [0, 0.1) is 5.92 Å². The maximum absolute atomic E-state index is 12.5. The third-order valence-electron chi connectivity index (χ3n) is 3.55. The van der Waals surface area contributed by atoms with Gasteiger partial charge < -0.3 is 15.4 Å². The van der Waals surface area contributed by atoms with Crippen molar-refractivity contribution in [2.45, 2.75) is 12.8 Å². The van der Waals surface area contributed by atoms with Crippen molar-refractivity contribution < 1.29 is 9.53 Å². The highest BCUT2D eigenvalue weighted by Gasteiger charge is 2.26. The van der Waals surface area contributed by atoms with Crippen LogP contribution in [-0.4, -0.2) is 37.9 Å². The van der Waals surface area contributed by atoms with Gasteiger partial charge in [-0.25, -0.2) is 0 Å². The molecule has 0 aromatic heterocycles. The first-order valence-corrected chi connectivity index (χ1v) is 6.28. The molecule has 1 aliphatic rings. The molecule has 2 rings (SSSR count). The van der Waals surface area contributed by atoms with Crippen molar-refractivity contribution in [2.24, 2.45) is 5.92 Å². The molecule has 0 spiro atoms. The standard InChI is InChI=1S/C14H20N2O2/c1-16-8-4-5-10(9-16)14(17)11-6-3-7-12(18-2)13(11)15/h3,6-7,10H,4-5,8-9,15H2,1-2H3. The summed E-state index contributed by atoms with van der Waals surface area (Å²) in [6.45, 7) is 1.88. The van der Waals surface area contributed by atoms with Gasteiger partial charge in [0.1, 0.15) is 5.75 Å². The van der Waals surface area contributed by atoms with Gasteiger partial charge in [-0.05, 0) is 38.6 Å². The van der Waals surface area contributed by atoms with Gasteiger partial charge in [-0.2, -0.15) is 0 Å². The number of ketones is 1. The number of ether oxygens (including phenoxy) is 1. The minimum atomic E-state index is 0.0538. The van der Waals surface area contributed by atoms with E-state index in [0.29, 0.717) is 17.0 Å². The Morgan fingerprint density at radius 2 is 2.28 bits per heavy atom. The number of para-hydroxylation sites is 1. The van der Waals surface area contributed by atoms with Crippen LogP contribution in [0.25, 0.3) is 0 Å². The van der Waals surface area contributed by atoms with E-state index >= 15 is 0 Å². The largest absolute Gasteiger partial charge is 0.495 e. The molecule has 1 fully saturated rings. The van der Waals surface area contributed by atoms with Gasteiger partial charge in [0.15, 0.2) is 5.78 Å². The van der Waals surface area contributed by atoms with Crippen LogP contribution in [0.15, 0.2) is 18.2 Å². The predicted octanol–water partition coefficient (Wildman–Crippen LogP) is 1.80. The molecule has 0 radical (unpaired) electrons. The molecule has 0 bridgehead atoms. The molecule has 2 N–H and O–H groups in total. The quantitative estimate of drug-likeness (QED) is 0.654. The molecule has 1 unspecified atom stereocenters. The van der Waals surface area contributed by atoms with Crippen molar-refractivity contribution in [2.75, 3.05) is 33.0 Å². The number of piperidine rings is 1. The van der Waals surface area contributed by atoms with Crippen molar-refractivity contribution in [3.8, 4) is 5.75 Å². The molecular formula is C14H20N2O2. The molecule has 1 aromatic rings. The highest BCUT2D eigenvalue weighted by atomic mass is 16.5. The van der Waals surface area contributed by atoms with Gasteiger partial charge >= 0.3 is 0 Å². The third-order valence-corrected chi connectivity index (χ3v) is 3.55. The number of carbonyl (C=O) groups excluding carboxylic acids is 1. The Labute approximate surface area is 108 Å². The van der Waals surface area contributed by atoms with Gasteiger partial charge in [-0.15, -0.1) is 0 Å². The van der Waals surface area contributed by atoms with Gasteiger partial charge in [0.25, 0.3) is 0 Å². The van der Waals surface area contributed by atoms with Crippen LogP contribution >= 0.6 is 0 Å². The Bertz CT molecular complexity index is 445. The van der Waals surface area contributed by atoms with Gasteiger partial charge in [-0.1, -0.05) is 6.07 Å². The number of anilines is 1. The van der Waals surface area contributed by atoms with Crippen molar-refractivity contribution >= 4 is 11.5 Å². The molecular weight excluding hydrogens is 228 g/mol. The summed E-state index contributed by atoms with van der Waals surface area (Å²) in [4.78, 5) is 14.7. The number of hydrogen-bond acceptors (Lipinski definition) is 4. The lowest BCUT2D eigenvalue weighted by Gasteiger charge is -2.29. The highest BCUT2D eigenvalue weighted by molar-refractivity contribution is 6.03. The van der Waals surface area contributed by atoms with E-state index in [2.05, 4.69) is 4.90 Å². The fraction of sp³-hybridized carbons (Fsp3) is 0.500.